The van der Waals surface area contributed by atoms with Gasteiger partial charge in [-0.15, -0.1) is 0 Å². The van der Waals surface area contributed by atoms with E-state index in [0.717, 1.165) is 10.1 Å². The van der Waals surface area contributed by atoms with Crippen molar-refractivity contribution in [2.45, 2.75) is 12.5 Å². The fourth-order valence-electron chi connectivity index (χ4n) is 3.16. The molecule has 2 heterocycles. The molecule has 0 saturated carbocycles. The minimum absolute atomic E-state index is 0.0356. The van der Waals surface area contributed by atoms with Gasteiger partial charge in [-0.25, -0.2) is 8.42 Å². The van der Waals surface area contributed by atoms with Crippen LogP contribution in [0.2, 0.25) is 0 Å². The number of anilines is 1. The van der Waals surface area contributed by atoms with Crippen molar-refractivity contribution in [1.82, 2.24) is 9.69 Å². The first-order chi connectivity index (χ1) is 13.4. The summed E-state index contributed by atoms with van der Waals surface area (Å²) in [6, 6.07) is 13.6. The molecule has 0 spiro atoms. The van der Waals surface area contributed by atoms with Gasteiger partial charge >= 0.3 is 0 Å². The summed E-state index contributed by atoms with van der Waals surface area (Å²) in [5, 5.41) is 6.29. The topological polar surface area (TPSA) is 105 Å². The number of amides is 2. The molecule has 2 N–H and O–H groups in total. The van der Waals surface area contributed by atoms with Crippen LogP contribution < -0.4 is 10.6 Å². The van der Waals surface area contributed by atoms with Crippen LogP contribution in [0.15, 0.2) is 48.5 Å². The molecule has 1 aliphatic rings. The first-order valence-electron chi connectivity index (χ1n) is 8.68. The molecule has 2 amide bonds. The average molecular weight is 415 g/mol. The van der Waals surface area contributed by atoms with E-state index >= 15 is 0 Å². The Labute approximate surface area is 165 Å². The van der Waals surface area contributed by atoms with Crippen LogP contribution in [0.1, 0.15) is 27.3 Å². The molecule has 9 heteroatoms. The highest BCUT2D eigenvalue weighted by Gasteiger charge is 2.29. The van der Waals surface area contributed by atoms with E-state index in [1.165, 1.54) is 11.5 Å². The third-order valence-electron chi connectivity index (χ3n) is 4.54. The van der Waals surface area contributed by atoms with Crippen molar-refractivity contribution in [1.29, 1.82) is 0 Å². The number of nitrogens with zero attached hydrogens (tertiary/aromatic N) is 1. The Bertz CT molecular complexity index is 1170. The quantitative estimate of drug-likeness (QED) is 0.681. The average Bonchev–Trinajstić information content (AvgIpc) is 3.24. The lowest BCUT2D eigenvalue weighted by molar-refractivity contribution is 0.0940. The summed E-state index contributed by atoms with van der Waals surface area (Å²) in [5.41, 5.74) is 1.16. The summed E-state index contributed by atoms with van der Waals surface area (Å²) in [4.78, 5) is 25.0. The summed E-state index contributed by atoms with van der Waals surface area (Å²) in [6.45, 7) is 0. The Morgan fingerprint density at radius 1 is 1.07 bits per heavy atom. The van der Waals surface area contributed by atoms with Gasteiger partial charge < -0.3 is 10.6 Å². The van der Waals surface area contributed by atoms with Gasteiger partial charge in [0.05, 0.1) is 16.2 Å². The zero-order chi connectivity index (χ0) is 19.7. The summed E-state index contributed by atoms with van der Waals surface area (Å²) < 4.78 is 28.2. The fourth-order valence-corrected chi connectivity index (χ4v) is 5.60. The van der Waals surface area contributed by atoms with Gasteiger partial charge in [0.1, 0.15) is 5.69 Å². The van der Waals surface area contributed by atoms with E-state index in [1.807, 2.05) is 24.3 Å². The number of fused-ring (bicyclic) bond motifs is 1. The number of rotatable bonds is 4. The normalized spacial score (nSPS) is 18.1. The number of sulfone groups is 1. The molecule has 1 atom stereocenters. The first-order valence-corrected chi connectivity index (χ1v) is 11.3. The Morgan fingerprint density at radius 2 is 1.89 bits per heavy atom. The van der Waals surface area contributed by atoms with E-state index in [-0.39, 0.29) is 29.4 Å². The maximum absolute atomic E-state index is 12.6. The van der Waals surface area contributed by atoms with Crippen molar-refractivity contribution in [3.8, 4) is 0 Å². The van der Waals surface area contributed by atoms with Crippen LogP contribution in [0.5, 0.6) is 0 Å². The molecule has 0 bridgehead atoms. The summed E-state index contributed by atoms with van der Waals surface area (Å²) in [7, 11) is -3.07. The van der Waals surface area contributed by atoms with E-state index in [4.69, 9.17) is 0 Å². The molecule has 1 saturated heterocycles. The van der Waals surface area contributed by atoms with Gasteiger partial charge in [0.15, 0.2) is 9.84 Å². The highest BCUT2D eigenvalue weighted by atomic mass is 32.2. The molecule has 144 valence electrons. The number of nitrogens with one attached hydrogen (secondary N) is 2. The molecule has 7 nitrogen and oxygen atoms in total. The highest BCUT2D eigenvalue weighted by Crippen LogP contribution is 2.23. The largest absolute Gasteiger partial charge is 0.348 e. The minimum Gasteiger partial charge on any atom is -0.348 e. The van der Waals surface area contributed by atoms with E-state index in [1.54, 1.807) is 24.3 Å². The maximum Gasteiger partial charge on any atom is 0.276 e. The molecule has 3 aromatic rings. The second kappa shape index (κ2) is 7.33. The number of carbonyl (C=O) groups excluding carboxylic acids is 2. The minimum atomic E-state index is -3.07. The zero-order valence-corrected chi connectivity index (χ0v) is 16.3. The second-order valence-electron chi connectivity index (χ2n) is 6.64. The van der Waals surface area contributed by atoms with E-state index in [9.17, 15) is 18.0 Å². The third-order valence-corrected chi connectivity index (χ3v) is 7.14. The van der Waals surface area contributed by atoms with Crippen molar-refractivity contribution < 1.29 is 18.0 Å². The van der Waals surface area contributed by atoms with Crippen LogP contribution in [-0.4, -0.2) is 42.2 Å². The monoisotopic (exact) mass is 415 g/mol. The van der Waals surface area contributed by atoms with Crippen molar-refractivity contribution >= 4 is 49.0 Å². The molecule has 4 rings (SSSR count). The van der Waals surface area contributed by atoms with Crippen LogP contribution in [0.25, 0.3) is 10.1 Å². The Hall–Kier alpha value is -2.78. The van der Waals surface area contributed by atoms with E-state index < -0.39 is 9.84 Å². The Morgan fingerprint density at radius 3 is 2.68 bits per heavy atom. The number of aromatic nitrogens is 1. The lowest BCUT2D eigenvalue weighted by atomic mass is 10.1. The van der Waals surface area contributed by atoms with Crippen molar-refractivity contribution in [2.75, 3.05) is 16.8 Å². The predicted molar refractivity (Wildman–Crippen MR) is 109 cm³/mol. The molecule has 0 aliphatic carbocycles. The van der Waals surface area contributed by atoms with Gasteiger partial charge in [0.2, 0.25) is 0 Å². The first kappa shape index (κ1) is 18.6. The number of carbonyl (C=O) groups is 2. The summed E-state index contributed by atoms with van der Waals surface area (Å²) >= 11 is 1.25. The van der Waals surface area contributed by atoms with Crippen LogP contribution in [-0.2, 0) is 9.84 Å². The predicted octanol–water partition coefficient (Wildman–Crippen LogP) is 2.47. The standard InChI is InChI=1S/C19H17N3O4S2/c23-18(21-14-8-9-28(25,26)11-14)12-4-3-5-13(10-12)20-19(24)17-15-6-1-2-7-16(15)27-22-17/h1-7,10,14H,8-9,11H2,(H,20,24)(H,21,23)/t14-/m0/s1. The number of hydrogen-bond acceptors (Lipinski definition) is 6. The molecule has 1 fully saturated rings. The summed E-state index contributed by atoms with van der Waals surface area (Å²) in [5.74, 6) is -0.656. The zero-order valence-electron chi connectivity index (χ0n) is 14.7. The summed E-state index contributed by atoms with van der Waals surface area (Å²) in [6.07, 6.45) is 0.418. The number of benzene rings is 2. The van der Waals surface area contributed by atoms with Crippen molar-refractivity contribution in [3.63, 3.8) is 0 Å². The van der Waals surface area contributed by atoms with Gasteiger partial charge in [-0.1, -0.05) is 24.3 Å². The molecule has 1 aromatic heterocycles. The maximum atomic E-state index is 12.6. The fraction of sp³-hybridized carbons (Fsp3) is 0.211. The van der Waals surface area contributed by atoms with Gasteiger partial charge in [-0.3, -0.25) is 9.59 Å². The van der Waals surface area contributed by atoms with Crippen molar-refractivity contribution in [2.24, 2.45) is 0 Å². The van der Waals surface area contributed by atoms with Crippen LogP contribution in [0.3, 0.4) is 0 Å². The second-order valence-corrected chi connectivity index (χ2v) is 9.67. The van der Waals surface area contributed by atoms with Gasteiger partial charge in [0.25, 0.3) is 11.8 Å². The lowest BCUT2D eigenvalue weighted by Gasteiger charge is -2.12. The molecule has 1 aliphatic heterocycles. The van der Waals surface area contributed by atoms with Crippen LogP contribution in [0.4, 0.5) is 5.69 Å². The lowest BCUT2D eigenvalue weighted by Crippen LogP contribution is -2.35. The van der Waals surface area contributed by atoms with E-state index in [2.05, 4.69) is 15.0 Å². The SMILES string of the molecule is O=C(N[C@H]1CCS(=O)(=O)C1)c1cccc(NC(=O)c2nsc3ccccc23)c1. The van der Waals surface area contributed by atoms with Crippen LogP contribution >= 0.6 is 11.5 Å². The van der Waals surface area contributed by atoms with Gasteiger partial charge in [-0.05, 0) is 42.2 Å². The molecular formula is C19H17N3O4S2. The van der Waals surface area contributed by atoms with Crippen molar-refractivity contribution in [3.05, 3.63) is 59.8 Å². The van der Waals surface area contributed by atoms with E-state index in [0.29, 0.717) is 23.4 Å². The van der Waals surface area contributed by atoms with Gasteiger partial charge in [-0.2, -0.15) is 4.37 Å². The van der Waals surface area contributed by atoms with Crippen LogP contribution in [0, 0.1) is 0 Å². The Kier molecular flexibility index (Phi) is 4.86. The Balaban J connectivity index is 1.48. The smallest absolute Gasteiger partial charge is 0.276 e. The molecule has 0 radical (unpaired) electrons. The molecular weight excluding hydrogens is 398 g/mol. The third kappa shape index (κ3) is 3.90. The molecule has 0 unspecified atom stereocenters. The highest BCUT2D eigenvalue weighted by molar-refractivity contribution is 7.91. The number of hydrogen-bond donors (Lipinski definition) is 2. The molecule has 2 aromatic carbocycles. The molecule has 28 heavy (non-hydrogen) atoms. The van der Waals surface area contributed by atoms with Gasteiger partial charge in [0, 0.05) is 22.7 Å².